The Labute approximate surface area is 227 Å². The first-order valence-electron chi connectivity index (χ1n) is 13.4. The molecule has 184 valence electrons. The molecule has 0 amide bonds. The van der Waals surface area contributed by atoms with Crippen molar-refractivity contribution < 1.29 is 0 Å². The monoisotopic (exact) mass is 498 g/mol. The minimum Gasteiger partial charge on any atom is -0.384 e. The van der Waals surface area contributed by atoms with Crippen molar-refractivity contribution >= 4 is 44.3 Å². The fraction of sp³-hybridized carbons (Fsp3) is 0.0270. The molecule has 1 aromatic heterocycles. The summed E-state index contributed by atoms with van der Waals surface area (Å²) in [7, 11) is 0. The van der Waals surface area contributed by atoms with Crippen LogP contribution in [0.5, 0.6) is 0 Å². The summed E-state index contributed by atoms with van der Waals surface area (Å²) in [6.07, 6.45) is 4.15. The summed E-state index contributed by atoms with van der Waals surface area (Å²) < 4.78 is 2.18. The normalized spacial score (nSPS) is 12.2. The van der Waals surface area contributed by atoms with Crippen molar-refractivity contribution in [1.29, 1.82) is 0 Å². The van der Waals surface area contributed by atoms with Crippen LogP contribution in [0.4, 0.5) is 5.82 Å². The third-order valence-corrected chi connectivity index (χ3v) is 8.21. The second kappa shape index (κ2) is 8.21. The lowest BCUT2D eigenvalue weighted by Crippen LogP contribution is -2.00. The van der Waals surface area contributed by atoms with Gasteiger partial charge in [0.25, 0.3) is 0 Å². The minimum absolute atomic E-state index is 0.764. The van der Waals surface area contributed by atoms with Gasteiger partial charge in [-0.2, -0.15) is 0 Å². The van der Waals surface area contributed by atoms with E-state index < -0.39 is 0 Å². The number of aromatic nitrogens is 1. The smallest absolute Gasteiger partial charge is 0.116 e. The molecule has 0 spiro atoms. The van der Waals surface area contributed by atoms with E-state index in [0.29, 0.717) is 0 Å². The Morgan fingerprint density at radius 2 is 1.31 bits per heavy atom. The topological polar surface area (TPSA) is 30.9 Å². The van der Waals surface area contributed by atoms with Crippen molar-refractivity contribution in [1.82, 2.24) is 4.57 Å². The van der Waals surface area contributed by atoms with Gasteiger partial charge < -0.3 is 5.73 Å². The summed E-state index contributed by atoms with van der Waals surface area (Å²) in [5, 5.41) is 6.26. The van der Waals surface area contributed by atoms with E-state index in [1.54, 1.807) is 0 Å². The zero-order valence-electron chi connectivity index (χ0n) is 21.6. The van der Waals surface area contributed by atoms with Crippen LogP contribution in [0, 0.1) is 0 Å². The fourth-order valence-electron chi connectivity index (χ4n) is 6.50. The van der Waals surface area contributed by atoms with Crippen molar-refractivity contribution in [3.63, 3.8) is 0 Å². The molecular weight excluding hydrogens is 472 g/mol. The molecule has 0 unspecified atom stereocenters. The molecule has 39 heavy (non-hydrogen) atoms. The molecule has 8 rings (SSSR count). The quantitative estimate of drug-likeness (QED) is 0.258. The Bertz CT molecular complexity index is 2130. The molecule has 0 aliphatic heterocycles. The van der Waals surface area contributed by atoms with E-state index in [2.05, 4.69) is 126 Å². The lowest BCUT2D eigenvalue weighted by Gasteiger charge is -2.11. The highest BCUT2D eigenvalue weighted by Crippen LogP contribution is 2.50. The Morgan fingerprint density at radius 1 is 0.590 bits per heavy atom. The highest BCUT2D eigenvalue weighted by molar-refractivity contribution is 6.20. The first-order chi connectivity index (χ1) is 19.2. The molecular formula is C37H26N2. The summed E-state index contributed by atoms with van der Waals surface area (Å²) in [6, 6.07) is 41.8. The van der Waals surface area contributed by atoms with E-state index in [-0.39, 0.29) is 0 Å². The molecule has 1 aliphatic carbocycles. The summed E-state index contributed by atoms with van der Waals surface area (Å²) in [4.78, 5) is 0. The number of allylic oxidation sites excluding steroid dienone is 1. The first-order valence-corrected chi connectivity index (χ1v) is 13.4. The Kier molecular flexibility index (Phi) is 4.62. The maximum Gasteiger partial charge on any atom is 0.116 e. The molecule has 0 saturated heterocycles. The SMILES string of the molecule is C/C=C\c1c(N)n(-c2ccc3cc4c(cc3c2)-c2ccc(-c3ccccc3)c3cccc-4c23)c2ccccc12. The standard InChI is InChI=1S/C37H26N2/c1-2-9-32-28-12-6-7-15-35(28)39(37(32)38)26-17-16-24-21-33-30-14-8-13-29-27(23-10-4-3-5-11-23)18-19-31(36(29)30)34(33)22-25(24)20-26/h2-22H,38H2,1H3/b9-2-. The average Bonchev–Trinajstić information content (AvgIpc) is 3.44. The number of benzene rings is 6. The number of anilines is 1. The molecule has 0 fully saturated rings. The van der Waals surface area contributed by atoms with Gasteiger partial charge in [-0.1, -0.05) is 97.1 Å². The van der Waals surface area contributed by atoms with Crippen LogP contribution in [0.25, 0.3) is 77.6 Å². The van der Waals surface area contributed by atoms with Crippen LogP contribution in [0.1, 0.15) is 12.5 Å². The number of hydrogen-bond donors (Lipinski definition) is 1. The lowest BCUT2D eigenvalue weighted by molar-refractivity contribution is 1.14. The number of nitrogen functional groups attached to an aromatic ring is 1. The van der Waals surface area contributed by atoms with Gasteiger partial charge in [-0.25, -0.2) is 0 Å². The summed E-state index contributed by atoms with van der Waals surface area (Å²) in [5.41, 5.74) is 17.8. The molecule has 2 nitrogen and oxygen atoms in total. The van der Waals surface area contributed by atoms with E-state index in [1.807, 2.05) is 13.0 Å². The van der Waals surface area contributed by atoms with E-state index in [0.717, 1.165) is 22.6 Å². The Balaban J connectivity index is 1.34. The van der Waals surface area contributed by atoms with Crippen LogP contribution in [0.3, 0.4) is 0 Å². The van der Waals surface area contributed by atoms with Crippen LogP contribution in [-0.4, -0.2) is 4.57 Å². The minimum atomic E-state index is 0.764. The van der Waals surface area contributed by atoms with E-state index in [9.17, 15) is 0 Å². The first kappa shape index (κ1) is 22.0. The predicted molar refractivity (Wildman–Crippen MR) is 167 cm³/mol. The molecule has 0 atom stereocenters. The second-order valence-corrected chi connectivity index (χ2v) is 10.3. The maximum atomic E-state index is 6.75. The third kappa shape index (κ3) is 3.09. The molecule has 0 bridgehead atoms. The molecule has 1 aliphatic rings. The second-order valence-electron chi connectivity index (χ2n) is 10.3. The number of rotatable bonds is 3. The molecule has 2 N–H and O–H groups in total. The highest BCUT2D eigenvalue weighted by atomic mass is 15.1. The average molecular weight is 499 g/mol. The van der Waals surface area contributed by atoms with Crippen molar-refractivity contribution in [2.24, 2.45) is 0 Å². The Hall–Kier alpha value is -5.08. The van der Waals surface area contributed by atoms with Crippen LogP contribution >= 0.6 is 0 Å². The number of para-hydroxylation sites is 1. The third-order valence-electron chi connectivity index (χ3n) is 8.21. The van der Waals surface area contributed by atoms with Crippen molar-refractivity contribution in [2.75, 3.05) is 5.73 Å². The number of hydrogen-bond acceptors (Lipinski definition) is 1. The van der Waals surface area contributed by atoms with Gasteiger partial charge in [-0.05, 0) is 92.2 Å². The highest BCUT2D eigenvalue weighted by Gasteiger charge is 2.23. The molecule has 0 saturated carbocycles. The van der Waals surface area contributed by atoms with Crippen molar-refractivity contribution in [3.05, 3.63) is 127 Å². The predicted octanol–water partition coefficient (Wildman–Crippen LogP) is 9.87. The van der Waals surface area contributed by atoms with Gasteiger partial charge in [-0.3, -0.25) is 4.57 Å². The fourth-order valence-corrected chi connectivity index (χ4v) is 6.50. The number of nitrogens with zero attached hydrogens (tertiary/aromatic N) is 1. The molecule has 2 heteroatoms. The van der Waals surface area contributed by atoms with Gasteiger partial charge >= 0.3 is 0 Å². The van der Waals surface area contributed by atoms with Crippen LogP contribution in [0.2, 0.25) is 0 Å². The van der Waals surface area contributed by atoms with Gasteiger partial charge in [-0.15, -0.1) is 0 Å². The van der Waals surface area contributed by atoms with E-state index in [4.69, 9.17) is 5.73 Å². The van der Waals surface area contributed by atoms with Gasteiger partial charge in [0.05, 0.1) is 5.52 Å². The molecule has 6 aromatic carbocycles. The number of fused-ring (bicyclic) bond motifs is 5. The molecule has 1 heterocycles. The number of nitrogens with two attached hydrogens (primary N) is 1. The van der Waals surface area contributed by atoms with Crippen LogP contribution in [-0.2, 0) is 0 Å². The summed E-state index contributed by atoms with van der Waals surface area (Å²) in [6.45, 7) is 2.03. The van der Waals surface area contributed by atoms with Crippen LogP contribution in [0.15, 0.2) is 121 Å². The summed E-state index contributed by atoms with van der Waals surface area (Å²) in [5.74, 6) is 0.764. The lowest BCUT2D eigenvalue weighted by atomic mass is 9.94. The van der Waals surface area contributed by atoms with E-state index >= 15 is 0 Å². The zero-order chi connectivity index (χ0) is 26.1. The van der Waals surface area contributed by atoms with Gasteiger partial charge in [0.1, 0.15) is 5.82 Å². The van der Waals surface area contributed by atoms with E-state index in [1.165, 1.54) is 60.3 Å². The van der Waals surface area contributed by atoms with Gasteiger partial charge in [0.2, 0.25) is 0 Å². The molecule has 0 radical (unpaired) electrons. The molecule has 7 aromatic rings. The van der Waals surface area contributed by atoms with Gasteiger partial charge in [0, 0.05) is 16.6 Å². The van der Waals surface area contributed by atoms with Crippen molar-refractivity contribution in [3.8, 4) is 39.1 Å². The largest absolute Gasteiger partial charge is 0.384 e. The Morgan fingerprint density at radius 3 is 2.15 bits per heavy atom. The maximum absolute atomic E-state index is 6.75. The van der Waals surface area contributed by atoms with Crippen molar-refractivity contribution in [2.45, 2.75) is 6.92 Å². The van der Waals surface area contributed by atoms with Gasteiger partial charge in [0.15, 0.2) is 0 Å². The summed E-state index contributed by atoms with van der Waals surface area (Å²) >= 11 is 0. The zero-order valence-corrected chi connectivity index (χ0v) is 21.6. The van der Waals surface area contributed by atoms with Crippen LogP contribution < -0.4 is 5.73 Å².